The number of nitrogens with zero attached hydrogens (tertiary/aromatic N) is 2. The summed E-state index contributed by atoms with van der Waals surface area (Å²) in [6, 6.07) is 6.50. The molecule has 2 rings (SSSR count). The van der Waals surface area contributed by atoms with Gasteiger partial charge in [0, 0.05) is 0 Å². The Bertz CT molecular complexity index is 553. The van der Waals surface area contributed by atoms with E-state index in [0.29, 0.717) is 0 Å². The quantitative estimate of drug-likeness (QED) is 0.860. The van der Waals surface area contributed by atoms with Crippen molar-refractivity contribution in [2.75, 3.05) is 5.73 Å². The number of rotatable bonds is 2. The fraction of sp³-hybridized carbons (Fsp3) is 0.357. The summed E-state index contributed by atoms with van der Waals surface area (Å²) in [6.07, 6.45) is 0. The van der Waals surface area contributed by atoms with E-state index < -0.39 is 0 Å². The maximum atomic E-state index is 5.94. The van der Waals surface area contributed by atoms with E-state index >= 15 is 0 Å². The number of nitrogen functional groups attached to an aromatic ring is 1. The van der Waals surface area contributed by atoms with Crippen LogP contribution in [0.1, 0.15) is 28.1 Å². The van der Waals surface area contributed by atoms with Crippen molar-refractivity contribution in [1.82, 2.24) is 9.78 Å². The van der Waals surface area contributed by atoms with Crippen molar-refractivity contribution < 1.29 is 0 Å². The topological polar surface area (TPSA) is 43.8 Å². The predicted octanol–water partition coefficient (Wildman–Crippen LogP) is 2.75. The largest absolute Gasteiger partial charge is 0.396 e. The van der Waals surface area contributed by atoms with E-state index in [-0.39, 0.29) is 0 Å². The first-order valence-corrected chi connectivity index (χ1v) is 5.84. The summed E-state index contributed by atoms with van der Waals surface area (Å²) in [7, 11) is 0. The van der Waals surface area contributed by atoms with Crippen molar-refractivity contribution in [3.8, 4) is 0 Å². The minimum atomic E-state index is 0.789. The minimum absolute atomic E-state index is 0.789. The molecule has 0 aliphatic heterocycles. The van der Waals surface area contributed by atoms with Gasteiger partial charge in [-0.2, -0.15) is 5.10 Å². The number of anilines is 1. The second kappa shape index (κ2) is 4.24. The van der Waals surface area contributed by atoms with Crippen LogP contribution in [0, 0.1) is 27.7 Å². The molecular weight excluding hydrogens is 210 g/mol. The van der Waals surface area contributed by atoms with Crippen LogP contribution in [0.3, 0.4) is 0 Å². The third-order valence-electron chi connectivity index (χ3n) is 3.26. The summed E-state index contributed by atoms with van der Waals surface area (Å²) in [5, 5.41) is 4.47. The Labute approximate surface area is 102 Å². The van der Waals surface area contributed by atoms with Crippen molar-refractivity contribution in [1.29, 1.82) is 0 Å². The highest BCUT2D eigenvalue weighted by Gasteiger charge is 2.09. The summed E-state index contributed by atoms with van der Waals surface area (Å²) < 4.78 is 1.98. The Balaban J connectivity index is 2.37. The number of hydrogen-bond acceptors (Lipinski definition) is 2. The number of hydrogen-bond donors (Lipinski definition) is 1. The lowest BCUT2D eigenvalue weighted by Crippen LogP contribution is -2.06. The Morgan fingerprint density at radius 3 is 2.47 bits per heavy atom. The molecule has 0 atom stereocenters. The molecular formula is C14H19N3. The summed E-state index contributed by atoms with van der Waals surface area (Å²) in [5.41, 5.74) is 12.6. The van der Waals surface area contributed by atoms with Gasteiger partial charge in [0.1, 0.15) is 0 Å². The highest BCUT2D eigenvalue weighted by Crippen LogP contribution is 2.18. The molecule has 0 aliphatic carbocycles. The zero-order valence-corrected chi connectivity index (χ0v) is 10.9. The Morgan fingerprint density at radius 1 is 1.18 bits per heavy atom. The molecule has 90 valence electrons. The van der Waals surface area contributed by atoms with Crippen LogP contribution in [-0.2, 0) is 6.54 Å². The summed E-state index contributed by atoms with van der Waals surface area (Å²) >= 11 is 0. The van der Waals surface area contributed by atoms with Gasteiger partial charge < -0.3 is 5.73 Å². The highest BCUT2D eigenvalue weighted by atomic mass is 15.3. The fourth-order valence-electron chi connectivity index (χ4n) is 2.00. The molecule has 2 aromatic rings. The van der Waals surface area contributed by atoms with Gasteiger partial charge in [0.05, 0.1) is 23.6 Å². The van der Waals surface area contributed by atoms with Crippen molar-refractivity contribution in [2.24, 2.45) is 0 Å². The lowest BCUT2D eigenvalue weighted by atomic mass is 10.1. The van der Waals surface area contributed by atoms with Crippen LogP contribution >= 0.6 is 0 Å². The molecule has 1 aromatic carbocycles. The van der Waals surface area contributed by atoms with E-state index in [4.69, 9.17) is 5.73 Å². The highest BCUT2D eigenvalue weighted by molar-refractivity contribution is 5.47. The molecule has 0 aliphatic rings. The van der Waals surface area contributed by atoms with Crippen LogP contribution < -0.4 is 5.73 Å². The second-order valence-corrected chi connectivity index (χ2v) is 4.67. The van der Waals surface area contributed by atoms with Gasteiger partial charge in [0.15, 0.2) is 0 Å². The van der Waals surface area contributed by atoms with Gasteiger partial charge in [-0.1, -0.05) is 23.8 Å². The molecule has 0 radical (unpaired) electrons. The number of nitrogens with two attached hydrogens (primary N) is 1. The number of benzene rings is 1. The van der Waals surface area contributed by atoms with Crippen LogP contribution in [0.25, 0.3) is 0 Å². The van der Waals surface area contributed by atoms with Crippen LogP contribution in [0.4, 0.5) is 5.69 Å². The smallest absolute Gasteiger partial charge is 0.0826 e. The molecule has 3 heteroatoms. The molecule has 1 heterocycles. The van der Waals surface area contributed by atoms with E-state index in [1.54, 1.807) is 0 Å². The molecule has 0 unspecified atom stereocenters. The lowest BCUT2D eigenvalue weighted by Gasteiger charge is -2.09. The standard InChI is InChI=1S/C14H19N3/c1-9-5-6-10(2)13(7-9)8-17-12(4)14(15)11(3)16-17/h5-7H,8,15H2,1-4H3. The van der Waals surface area contributed by atoms with E-state index in [1.165, 1.54) is 16.7 Å². The van der Waals surface area contributed by atoms with Gasteiger partial charge in [0.25, 0.3) is 0 Å². The molecule has 2 N–H and O–H groups in total. The SMILES string of the molecule is Cc1ccc(C)c(Cn2nc(C)c(N)c2C)c1. The molecule has 17 heavy (non-hydrogen) atoms. The number of aromatic nitrogens is 2. The van der Waals surface area contributed by atoms with Gasteiger partial charge in [-0.3, -0.25) is 4.68 Å². The van der Waals surface area contributed by atoms with E-state index in [1.807, 2.05) is 18.5 Å². The zero-order valence-electron chi connectivity index (χ0n) is 10.9. The van der Waals surface area contributed by atoms with E-state index in [2.05, 4.69) is 37.1 Å². The molecule has 0 saturated heterocycles. The van der Waals surface area contributed by atoms with Gasteiger partial charge >= 0.3 is 0 Å². The summed E-state index contributed by atoms with van der Waals surface area (Å²) in [5.74, 6) is 0. The Morgan fingerprint density at radius 2 is 1.88 bits per heavy atom. The lowest BCUT2D eigenvalue weighted by molar-refractivity contribution is 0.656. The molecule has 0 fully saturated rings. The first kappa shape index (κ1) is 11.7. The van der Waals surface area contributed by atoms with Crippen LogP contribution in [0.2, 0.25) is 0 Å². The molecule has 1 aromatic heterocycles. The second-order valence-electron chi connectivity index (χ2n) is 4.67. The van der Waals surface area contributed by atoms with E-state index in [9.17, 15) is 0 Å². The Kier molecular flexibility index (Phi) is 2.92. The van der Waals surface area contributed by atoms with Crippen molar-refractivity contribution in [3.63, 3.8) is 0 Å². The molecule has 0 amide bonds. The fourth-order valence-corrected chi connectivity index (χ4v) is 2.00. The van der Waals surface area contributed by atoms with E-state index in [0.717, 1.165) is 23.6 Å². The number of aryl methyl sites for hydroxylation is 3. The van der Waals surface area contributed by atoms with Crippen molar-refractivity contribution in [3.05, 3.63) is 46.3 Å². The van der Waals surface area contributed by atoms with Gasteiger partial charge in [-0.15, -0.1) is 0 Å². The first-order chi connectivity index (χ1) is 7.99. The Hall–Kier alpha value is -1.77. The van der Waals surface area contributed by atoms with Crippen LogP contribution in [-0.4, -0.2) is 9.78 Å². The maximum Gasteiger partial charge on any atom is 0.0826 e. The molecule has 0 saturated carbocycles. The van der Waals surface area contributed by atoms with Gasteiger partial charge in [-0.25, -0.2) is 0 Å². The third-order valence-corrected chi connectivity index (χ3v) is 3.26. The van der Waals surface area contributed by atoms with Crippen LogP contribution in [0.15, 0.2) is 18.2 Å². The minimum Gasteiger partial charge on any atom is -0.396 e. The first-order valence-electron chi connectivity index (χ1n) is 5.84. The monoisotopic (exact) mass is 229 g/mol. The summed E-state index contributed by atoms with van der Waals surface area (Å²) in [6.45, 7) is 8.99. The predicted molar refractivity (Wildman–Crippen MR) is 71.1 cm³/mol. The van der Waals surface area contributed by atoms with Crippen molar-refractivity contribution in [2.45, 2.75) is 34.2 Å². The van der Waals surface area contributed by atoms with Gasteiger partial charge in [0.2, 0.25) is 0 Å². The average molecular weight is 229 g/mol. The maximum absolute atomic E-state index is 5.94. The van der Waals surface area contributed by atoms with Gasteiger partial charge in [-0.05, 0) is 38.8 Å². The zero-order chi connectivity index (χ0) is 12.6. The average Bonchev–Trinajstić information content (AvgIpc) is 2.52. The normalized spacial score (nSPS) is 10.8. The third kappa shape index (κ3) is 2.18. The molecule has 0 spiro atoms. The molecule has 0 bridgehead atoms. The summed E-state index contributed by atoms with van der Waals surface area (Å²) in [4.78, 5) is 0. The van der Waals surface area contributed by atoms with Crippen LogP contribution in [0.5, 0.6) is 0 Å². The van der Waals surface area contributed by atoms with Crippen molar-refractivity contribution >= 4 is 5.69 Å². The molecule has 3 nitrogen and oxygen atoms in total.